The third-order valence-electron chi connectivity index (χ3n) is 3.80. The first-order chi connectivity index (χ1) is 8.13. The Morgan fingerprint density at radius 3 is 2.71 bits per heavy atom. The summed E-state index contributed by atoms with van der Waals surface area (Å²) < 4.78 is 0. The van der Waals surface area contributed by atoms with E-state index >= 15 is 0 Å². The molecule has 0 fully saturated rings. The summed E-state index contributed by atoms with van der Waals surface area (Å²) in [4.78, 5) is 0. The van der Waals surface area contributed by atoms with Crippen LogP contribution in [0, 0.1) is 23.2 Å². The van der Waals surface area contributed by atoms with Gasteiger partial charge >= 0.3 is 0 Å². The van der Waals surface area contributed by atoms with Gasteiger partial charge in [-0.2, -0.15) is 5.26 Å². The van der Waals surface area contributed by atoms with E-state index < -0.39 is 0 Å². The number of hydrogen-bond donors (Lipinski definition) is 0. The van der Waals surface area contributed by atoms with E-state index in [2.05, 4.69) is 39.0 Å². The van der Waals surface area contributed by atoms with Crippen molar-refractivity contribution in [3.8, 4) is 6.07 Å². The Balaban J connectivity index is 2.74. The average molecular weight is 231 g/mol. The molecule has 0 aromatic rings. The zero-order valence-corrected chi connectivity index (χ0v) is 11.5. The average Bonchev–Trinajstić information content (AvgIpc) is 2.32. The molecule has 17 heavy (non-hydrogen) atoms. The van der Waals surface area contributed by atoms with Crippen molar-refractivity contribution in [3.63, 3.8) is 0 Å². The van der Waals surface area contributed by atoms with Crippen LogP contribution in [0.3, 0.4) is 0 Å². The van der Waals surface area contributed by atoms with Crippen molar-refractivity contribution >= 4 is 0 Å². The van der Waals surface area contributed by atoms with E-state index in [0.717, 1.165) is 24.3 Å². The van der Waals surface area contributed by atoms with Crippen molar-refractivity contribution in [1.82, 2.24) is 0 Å². The summed E-state index contributed by atoms with van der Waals surface area (Å²) in [6.45, 7) is 6.79. The van der Waals surface area contributed by atoms with Crippen molar-refractivity contribution in [2.75, 3.05) is 0 Å². The Hall–Kier alpha value is -1.03. The Morgan fingerprint density at radius 1 is 1.24 bits per heavy atom. The lowest BCUT2D eigenvalue weighted by Gasteiger charge is -2.14. The minimum Gasteiger partial charge on any atom is -0.193 e. The second-order valence-electron chi connectivity index (χ2n) is 5.47. The molecular weight excluding hydrogens is 206 g/mol. The fourth-order valence-corrected chi connectivity index (χ4v) is 2.33. The topological polar surface area (TPSA) is 23.8 Å². The highest BCUT2D eigenvalue weighted by atomic mass is 14.2. The first kappa shape index (κ1) is 14.0. The van der Waals surface area contributed by atoms with Gasteiger partial charge in [0.15, 0.2) is 0 Å². The zero-order valence-electron chi connectivity index (χ0n) is 11.5. The van der Waals surface area contributed by atoms with Gasteiger partial charge < -0.3 is 0 Å². The molecule has 94 valence electrons. The Morgan fingerprint density at radius 2 is 2.00 bits per heavy atom. The number of allylic oxidation sites excluding steroid dienone is 4. The van der Waals surface area contributed by atoms with Crippen LogP contribution in [0.2, 0.25) is 0 Å². The van der Waals surface area contributed by atoms with E-state index in [4.69, 9.17) is 5.26 Å². The summed E-state index contributed by atoms with van der Waals surface area (Å²) in [5, 5.41) is 9.07. The summed E-state index contributed by atoms with van der Waals surface area (Å²) in [5.74, 6) is 1.22. The summed E-state index contributed by atoms with van der Waals surface area (Å²) >= 11 is 0. The molecule has 1 rings (SSSR count). The lowest BCUT2D eigenvalue weighted by atomic mass is 9.91. The number of nitrogens with zero attached hydrogens (tertiary/aromatic N) is 1. The Kier molecular flexibility index (Phi) is 6.05. The number of rotatable bonds is 0. The van der Waals surface area contributed by atoms with E-state index in [1.54, 1.807) is 0 Å². The van der Waals surface area contributed by atoms with Crippen molar-refractivity contribution in [1.29, 1.82) is 5.26 Å². The Bertz CT molecular complexity index is 330. The molecule has 2 unspecified atom stereocenters. The molecule has 1 nitrogen and oxygen atoms in total. The molecule has 0 saturated heterocycles. The van der Waals surface area contributed by atoms with Crippen LogP contribution in [0.4, 0.5) is 0 Å². The van der Waals surface area contributed by atoms with Gasteiger partial charge in [0, 0.05) is 5.57 Å². The third kappa shape index (κ3) is 5.22. The predicted molar refractivity (Wildman–Crippen MR) is 73.5 cm³/mol. The van der Waals surface area contributed by atoms with Gasteiger partial charge in [-0.25, -0.2) is 0 Å². The number of hydrogen-bond acceptors (Lipinski definition) is 1. The minimum absolute atomic E-state index is 0.492. The van der Waals surface area contributed by atoms with Gasteiger partial charge in [0.05, 0.1) is 6.07 Å². The van der Waals surface area contributed by atoms with E-state index in [1.165, 1.54) is 31.3 Å². The summed E-state index contributed by atoms with van der Waals surface area (Å²) in [6.07, 6.45) is 11.6. The van der Waals surface area contributed by atoms with Crippen molar-refractivity contribution < 1.29 is 0 Å². The maximum atomic E-state index is 9.07. The van der Waals surface area contributed by atoms with E-state index in [1.807, 2.05) is 0 Å². The van der Waals surface area contributed by atoms with Crippen LogP contribution < -0.4 is 0 Å². The van der Waals surface area contributed by atoms with Crippen LogP contribution >= 0.6 is 0 Å². The van der Waals surface area contributed by atoms with Crippen molar-refractivity contribution in [3.05, 3.63) is 23.3 Å². The molecule has 0 amide bonds. The maximum Gasteiger partial charge on any atom is 0.0943 e. The molecule has 1 aliphatic rings. The Labute approximate surface area is 106 Å². The first-order valence-electron chi connectivity index (χ1n) is 6.91. The summed E-state index contributed by atoms with van der Waals surface area (Å²) in [6, 6.07) is 2.35. The van der Waals surface area contributed by atoms with Crippen LogP contribution in [-0.4, -0.2) is 0 Å². The van der Waals surface area contributed by atoms with Crippen LogP contribution in [-0.2, 0) is 0 Å². The van der Waals surface area contributed by atoms with Crippen LogP contribution in [0.25, 0.3) is 0 Å². The lowest BCUT2D eigenvalue weighted by Crippen LogP contribution is -1.99. The highest BCUT2D eigenvalue weighted by Gasteiger charge is 2.07. The molecule has 0 N–H and O–H groups in total. The third-order valence-corrected chi connectivity index (χ3v) is 3.80. The molecule has 0 bridgehead atoms. The molecule has 0 aromatic carbocycles. The highest BCUT2D eigenvalue weighted by molar-refractivity contribution is 5.21. The fourth-order valence-electron chi connectivity index (χ4n) is 2.33. The van der Waals surface area contributed by atoms with Crippen LogP contribution in [0.15, 0.2) is 23.3 Å². The summed E-state index contributed by atoms with van der Waals surface area (Å²) in [5.41, 5.74) is 2.50. The van der Waals surface area contributed by atoms with Gasteiger partial charge in [-0.3, -0.25) is 0 Å². The smallest absolute Gasteiger partial charge is 0.0943 e. The highest BCUT2D eigenvalue weighted by Crippen LogP contribution is 2.22. The molecule has 0 aromatic heterocycles. The molecule has 0 radical (unpaired) electrons. The van der Waals surface area contributed by atoms with Crippen LogP contribution in [0.1, 0.15) is 59.3 Å². The molecule has 1 aliphatic carbocycles. The predicted octanol–water partition coefficient (Wildman–Crippen LogP) is 5.01. The zero-order chi connectivity index (χ0) is 12.7. The normalized spacial score (nSPS) is 28.1. The lowest BCUT2D eigenvalue weighted by molar-refractivity contribution is 0.539. The van der Waals surface area contributed by atoms with Gasteiger partial charge in [0.2, 0.25) is 0 Å². The largest absolute Gasteiger partial charge is 0.193 e. The van der Waals surface area contributed by atoms with Gasteiger partial charge in [0.25, 0.3) is 0 Å². The molecule has 0 saturated carbocycles. The number of nitriles is 1. The van der Waals surface area contributed by atoms with Crippen molar-refractivity contribution in [2.45, 2.75) is 59.3 Å². The molecule has 0 aliphatic heterocycles. The minimum atomic E-state index is 0.492. The van der Waals surface area contributed by atoms with Crippen LogP contribution in [0.5, 0.6) is 0 Å². The van der Waals surface area contributed by atoms with E-state index in [0.29, 0.717) is 5.92 Å². The molecule has 0 heterocycles. The van der Waals surface area contributed by atoms with Gasteiger partial charge in [-0.05, 0) is 44.4 Å². The maximum absolute atomic E-state index is 9.07. The second-order valence-corrected chi connectivity index (χ2v) is 5.47. The van der Waals surface area contributed by atoms with E-state index in [9.17, 15) is 0 Å². The second kappa shape index (κ2) is 7.33. The van der Waals surface area contributed by atoms with Gasteiger partial charge in [-0.1, -0.05) is 44.4 Å². The quantitative estimate of drug-likeness (QED) is 0.538. The first-order valence-corrected chi connectivity index (χ1v) is 6.91. The van der Waals surface area contributed by atoms with E-state index in [-0.39, 0.29) is 0 Å². The molecule has 1 heteroatoms. The standard InChI is InChI=1S/C16H25N/c1-13-9-10-15(3)14(2)7-5-4-6-8-16(11-13)12-17/h10-11,13-14H,4-9H2,1-3H3. The monoisotopic (exact) mass is 231 g/mol. The SMILES string of the molecule is CC1=CCC(C)C=C(C#N)CCCCCC1C. The van der Waals surface area contributed by atoms with Crippen molar-refractivity contribution in [2.24, 2.45) is 11.8 Å². The summed E-state index contributed by atoms with van der Waals surface area (Å²) in [7, 11) is 0. The molecule has 2 atom stereocenters. The van der Waals surface area contributed by atoms with Gasteiger partial charge in [-0.15, -0.1) is 0 Å². The van der Waals surface area contributed by atoms with Gasteiger partial charge in [0.1, 0.15) is 0 Å². The molecule has 0 spiro atoms. The molecular formula is C16H25N. The fraction of sp³-hybridized carbons (Fsp3) is 0.688.